The summed E-state index contributed by atoms with van der Waals surface area (Å²) < 4.78 is 33.6. The SMILES string of the molecule is O=C(CS(=O)(=O)O)OCc1ccccc1. The van der Waals surface area contributed by atoms with E-state index < -0.39 is 21.8 Å². The maximum Gasteiger partial charge on any atom is 0.323 e. The quantitative estimate of drug-likeness (QED) is 0.605. The fourth-order valence-corrected chi connectivity index (χ4v) is 1.31. The Hall–Kier alpha value is -1.40. The molecule has 1 rings (SSSR count). The summed E-state index contributed by atoms with van der Waals surface area (Å²) in [6.07, 6.45) is 0. The minimum atomic E-state index is -4.30. The lowest BCUT2D eigenvalue weighted by atomic mass is 10.2. The molecule has 0 aliphatic rings. The van der Waals surface area contributed by atoms with Crippen LogP contribution >= 0.6 is 0 Å². The van der Waals surface area contributed by atoms with Crippen molar-refractivity contribution in [2.45, 2.75) is 6.61 Å². The third-order valence-corrected chi connectivity index (χ3v) is 2.14. The van der Waals surface area contributed by atoms with E-state index in [4.69, 9.17) is 4.55 Å². The molecule has 0 aliphatic carbocycles. The molecule has 1 aromatic rings. The summed E-state index contributed by atoms with van der Waals surface area (Å²) in [4.78, 5) is 10.9. The highest BCUT2D eigenvalue weighted by atomic mass is 32.2. The number of hydrogen-bond donors (Lipinski definition) is 1. The van der Waals surface area contributed by atoms with Gasteiger partial charge in [0.1, 0.15) is 6.61 Å². The van der Waals surface area contributed by atoms with Crippen LogP contribution in [0, 0.1) is 0 Å². The number of rotatable bonds is 4. The van der Waals surface area contributed by atoms with Crippen molar-refractivity contribution in [2.75, 3.05) is 5.75 Å². The Kier molecular flexibility index (Phi) is 3.81. The molecule has 0 radical (unpaired) electrons. The summed E-state index contributed by atoms with van der Waals surface area (Å²) in [5.74, 6) is -1.99. The molecule has 0 amide bonds. The summed E-state index contributed by atoms with van der Waals surface area (Å²) in [7, 11) is -4.30. The Morgan fingerprint density at radius 3 is 2.40 bits per heavy atom. The molecule has 0 atom stereocenters. The predicted octanol–water partition coefficient (Wildman–Crippen LogP) is 0.618. The van der Waals surface area contributed by atoms with Crippen LogP contribution in [0.5, 0.6) is 0 Å². The van der Waals surface area contributed by atoms with Gasteiger partial charge >= 0.3 is 5.97 Å². The van der Waals surface area contributed by atoms with Gasteiger partial charge in [0.25, 0.3) is 10.1 Å². The van der Waals surface area contributed by atoms with Gasteiger partial charge in [0, 0.05) is 0 Å². The molecule has 82 valence electrons. The van der Waals surface area contributed by atoms with Gasteiger partial charge in [0.05, 0.1) is 0 Å². The Bertz CT molecular complexity index is 423. The highest BCUT2D eigenvalue weighted by Crippen LogP contribution is 2.01. The Morgan fingerprint density at radius 1 is 1.27 bits per heavy atom. The second-order valence-corrected chi connectivity index (χ2v) is 4.33. The van der Waals surface area contributed by atoms with Gasteiger partial charge in [-0.2, -0.15) is 8.42 Å². The Labute approximate surface area is 87.4 Å². The molecule has 5 nitrogen and oxygen atoms in total. The lowest BCUT2D eigenvalue weighted by molar-refractivity contribution is -0.141. The predicted molar refractivity (Wildman–Crippen MR) is 52.7 cm³/mol. The number of hydrogen-bond acceptors (Lipinski definition) is 4. The first-order valence-corrected chi connectivity index (χ1v) is 5.73. The van der Waals surface area contributed by atoms with Gasteiger partial charge in [0.2, 0.25) is 0 Å². The fraction of sp³-hybridized carbons (Fsp3) is 0.222. The maximum absolute atomic E-state index is 10.9. The summed E-state index contributed by atoms with van der Waals surface area (Å²) in [6, 6.07) is 8.82. The number of carbonyl (C=O) groups is 1. The fourth-order valence-electron chi connectivity index (χ4n) is 0.929. The van der Waals surface area contributed by atoms with Crippen LogP contribution in [-0.4, -0.2) is 24.7 Å². The number of carbonyl (C=O) groups excluding carboxylic acids is 1. The first kappa shape index (κ1) is 11.7. The van der Waals surface area contributed by atoms with Crippen molar-refractivity contribution in [3.05, 3.63) is 35.9 Å². The average Bonchev–Trinajstić information content (AvgIpc) is 2.14. The van der Waals surface area contributed by atoms with E-state index in [0.717, 1.165) is 5.56 Å². The van der Waals surface area contributed by atoms with E-state index in [1.54, 1.807) is 24.3 Å². The van der Waals surface area contributed by atoms with Crippen molar-refractivity contribution in [3.8, 4) is 0 Å². The minimum absolute atomic E-state index is 0.00477. The molecule has 0 saturated heterocycles. The Morgan fingerprint density at radius 2 is 1.87 bits per heavy atom. The third kappa shape index (κ3) is 5.14. The van der Waals surface area contributed by atoms with Gasteiger partial charge in [-0.05, 0) is 5.56 Å². The molecule has 6 heteroatoms. The van der Waals surface area contributed by atoms with E-state index in [0.29, 0.717) is 0 Å². The number of ether oxygens (including phenoxy) is 1. The first-order valence-electron chi connectivity index (χ1n) is 4.12. The van der Waals surface area contributed by atoms with Crippen molar-refractivity contribution in [1.82, 2.24) is 0 Å². The van der Waals surface area contributed by atoms with Crippen LogP contribution in [0.3, 0.4) is 0 Å². The molecule has 1 N–H and O–H groups in total. The van der Waals surface area contributed by atoms with Gasteiger partial charge in [-0.1, -0.05) is 30.3 Å². The summed E-state index contributed by atoms with van der Waals surface area (Å²) in [6.45, 7) is -0.00477. The highest BCUT2D eigenvalue weighted by Gasteiger charge is 2.13. The number of benzene rings is 1. The van der Waals surface area contributed by atoms with Crippen LogP contribution in [0.15, 0.2) is 30.3 Å². The van der Waals surface area contributed by atoms with E-state index in [-0.39, 0.29) is 6.61 Å². The van der Waals surface area contributed by atoms with Gasteiger partial charge in [-0.3, -0.25) is 9.35 Å². The second kappa shape index (κ2) is 4.90. The third-order valence-electron chi connectivity index (χ3n) is 1.54. The molecule has 0 aliphatic heterocycles. The Balaban J connectivity index is 2.42. The van der Waals surface area contributed by atoms with Crippen LogP contribution in [0.2, 0.25) is 0 Å². The molecule has 0 bridgehead atoms. The molecule has 15 heavy (non-hydrogen) atoms. The van der Waals surface area contributed by atoms with Gasteiger partial charge < -0.3 is 4.74 Å². The van der Waals surface area contributed by atoms with Crippen molar-refractivity contribution in [2.24, 2.45) is 0 Å². The molecule has 1 aromatic carbocycles. The monoisotopic (exact) mass is 230 g/mol. The summed E-state index contributed by atoms with van der Waals surface area (Å²) in [5, 5.41) is 0. The highest BCUT2D eigenvalue weighted by molar-refractivity contribution is 7.86. The zero-order chi connectivity index (χ0) is 11.3. The normalized spacial score (nSPS) is 11.0. The van der Waals surface area contributed by atoms with Crippen molar-refractivity contribution >= 4 is 16.1 Å². The van der Waals surface area contributed by atoms with Gasteiger partial charge in [0.15, 0.2) is 5.75 Å². The number of esters is 1. The van der Waals surface area contributed by atoms with Crippen LogP contribution < -0.4 is 0 Å². The standard InChI is InChI=1S/C9H10O5S/c10-9(7-15(11,12)13)14-6-8-4-2-1-3-5-8/h1-5H,6-7H2,(H,11,12,13). The molecule has 0 aromatic heterocycles. The molecule has 0 unspecified atom stereocenters. The summed E-state index contributed by atoms with van der Waals surface area (Å²) >= 11 is 0. The van der Waals surface area contributed by atoms with Crippen molar-refractivity contribution in [1.29, 1.82) is 0 Å². The molecular formula is C9H10O5S. The van der Waals surface area contributed by atoms with E-state index in [1.807, 2.05) is 6.07 Å². The molecule has 0 fully saturated rings. The molecular weight excluding hydrogens is 220 g/mol. The molecule has 0 spiro atoms. The lowest BCUT2D eigenvalue weighted by Crippen LogP contribution is -2.17. The maximum atomic E-state index is 10.9. The summed E-state index contributed by atoms with van der Waals surface area (Å²) in [5.41, 5.74) is 0.751. The lowest BCUT2D eigenvalue weighted by Gasteiger charge is -2.02. The average molecular weight is 230 g/mol. The molecule has 0 saturated carbocycles. The van der Waals surface area contributed by atoms with Crippen LogP contribution in [0.4, 0.5) is 0 Å². The topological polar surface area (TPSA) is 80.7 Å². The van der Waals surface area contributed by atoms with Crippen LogP contribution in [-0.2, 0) is 26.3 Å². The molecule has 0 heterocycles. The first-order chi connectivity index (χ1) is 6.97. The smallest absolute Gasteiger partial charge is 0.323 e. The van der Waals surface area contributed by atoms with E-state index >= 15 is 0 Å². The van der Waals surface area contributed by atoms with Crippen LogP contribution in [0.1, 0.15) is 5.56 Å². The second-order valence-electron chi connectivity index (χ2n) is 2.87. The largest absolute Gasteiger partial charge is 0.460 e. The van der Waals surface area contributed by atoms with Crippen molar-refractivity contribution < 1.29 is 22.5 Å². The van der Waals surface area contributed by atoms with E-state index in [2.05, 4.69) is 4.74 Å². The van der Waals surface area contributed by atoms with E-state index in [1.165, 1.54) is 0 Å². The zero-order valence-corrected chi connectivity index (χ0v) is 8.61. The van der Waals surface area contributed by atoms with Crippen LogP contribution in [0.25, 0.3) is 0 Å². The minimum Gasteiger partial charge on any atom is -0.460 e. The van der Waals surface area contributed by atoms with Crippen molar-refractivity contribution in [3.63, 3.8) is 0 Å². The van der Waals surface area contributed by atoms with Gasteiger partial charge in [-0.15, -0.1) is 0 Å². The van der Waals surface area contributed by atoms with E-state index in [9.17, 15) is 13.2 Å². The van der Waals surface area contributed by atoms with Gasteiger partial charge in [-0.25, -0.2) is 0 Å². The zero-order valence-electron chi connectivity index (χ0n) is 7.79.